The van der Waals surface area contributed by atoms with Gasteiger partial charge in [-0.05, 0) is 41.3 Å². The highest BCUT2D eigenvalue weighted by atomic mass is 16.5. The van der Waals surface area contributed by atoms with E-state index in [4.69, 9.17) is 9.47 Å². The molecule has 2 aromatic carbocycles. The molecule has 0 amide bonds. The molecule has 0 bridgehead atoms. The fourth-order valence-electron chi connectivity index (χ4n) is 4.47. The molecule has 2 aromatic rings. The van der Waals surface area contributed by atoms with Crippen molar-refractivity contribution in [2.45, 2.75) is 31.8 Å². The van der Waals surface area contributed by atoms with E-state index in [-0.39, 0.29) is 23.5 Å². The van der Waals surface area contributed by atoms with Gasteiger partial charge in [-0.2, -0.15) is 0 Å². The van der Waals surface area contributed by atoms with Crippen molar-refractivity contribution in [3.8, 4) is 23.0 Å². The Labute approximate surface area is 147 Å². The maximum atomic E-state index is 10.3. The quantitative estimate of drug-likeness (QED) is 0.877. The molecule has 0 radical (unpaired) electrons. The summed E-state index contributed by atoms with van der Waals surface area (Å²) in [6.45, 7) is 3.85. The molecule has 2 N–H and O–H groups in total. The second-order valence-electron chi connectivity index (χ2n) is 6.86. The van der Waals surface area contributed by atoms with Crippen LogP contribution < -0.4 is 9.47 Å². The van der Waals surface area contributed by atoms with Crippen LogP contribution in [0.5, 0.6) is 23.0 Å². The van der Waals surface area contributed by atoms with Crippen molar-refractivity contribution in [2.75, 3.05) is 20.8 Å². The highest BCUT2D eigenvalue weighted by molar-refractivity contribution is 5.55. The summed E-state index contributed by atoms with van der Waals surface area (Å²) in [6.07, 6.45) is 0.908. The largest absolute Gasteiger partial charge is 0.504 e. The minimum absolute atomic E-state index is 0.185. The Hall–Kier alpha value is -2.40. The fourth-order valence-corrected chi connectivity index (χ4v) is 4.47. The van der Waals surface area contributed by atoms with Gasteiger partial charge in [-0.25, -0.2) is 0 Å². The molecule has 2 unspecified atom stereocenters. The average Bonchev–Trinajstić information content (AvgIpc) is 2.60. The van der Waals surface area contributed by atoms with E-state index in [2.05, 4.69) is 11.8 Å². The van der Waals surface area contributed by atoms with E-state index in [1.165, 1.54) is 11.1 Å². The lowest BCUT2D eigenvalue weighted by Gasteiger charge is -2.45. The van der Waals surface area contributed by atoms with Crippen molar-refractivity contribution in [1.82, 2.24) is 4.90 Å². The maximum Gasteiger partial charge on any atom is 0.165 e. The Morgan fingerprint density at radius 2 is 1.84 bits per heavy atom. The summed E-state index contributed by atoms with van der Waals surface area (Å²) in [4.78, 5) is 2.41. The van der Waals surface area contributed by atoms with E-state index < -0.39 is 0 Å². The number of hydrogen-bond donors (Lipinski definition) is 2. The predicted octanol–water partition coefficient (Wildman–Crippen LogP) is 3.33. The summed E-state index contributed by atoms with van der Waals surface area (Å²) in [6, 6.07) is 7.71. The van der Waals surface area contributed by atoms with Crippen LogP contribution in [0.3, 0.4) is 0 Å². The monoisotopic (exact) mass is 341 g/mol. The first kappa shape index (κ1) is 16.1. The van der Waals surface area contributed by atoms with E-state index in [0.717, 1.165) is 30.6 Å². The Bertz CT molecular complexity index is 833. The normalized spacial score (nSPS) is 21.9. The second-order valence-corrected chi connectivity index (χ2v) is 6.86. The molecule has 0 saturated carbocycles. The molecule has 132 valence electrons. The molecule has 2 heterocycles. The van der Waals surface area contributed by atoms with Crippen LogP contribution in [0.25, 0.3) is 0 Å². The van der Waals surface area contributed by atoms with Gasteiger partial charge in [0.05, 0.1) is 14.2 Å². The molecule has 0 saturated heterocycles. The molecule has 25 heavy (non-hydrogen) atoms. The molecule has 2 atom stereocenters. The summed E-state index contributed by atoms with van der Waals surface area (Å²) in [5.41, 5.74) is 4.65. The number of methoxy groups -OCH3 is 2. The molecule has 5 nitrogen and oxygen atoms in total. The molecular formula is C20H23NO4. The Morgan fingerprint density at radius 3 is 2.56 bits per heavy atom. The van der Waals surface area contributed by atoms with Gasteiger partial charge in [0.1, 0.15) is 0 Å². The third-order valence-corrected chi connectivity index (χ3v) is 5.63. The van der Waals surface area contributed by atoms with E-state index in [9.17, 15) is 10.2 Å². The highest BCUT2D eigenvalue weighted by Gasteiger charge is 2.39. The van der Waals surface area contributed by atoms with Crippen LogP contribution in [0.4, 0.5) is 0 Å². The lowest BCUT2D eigenvalue weighted by molar-refractivity contribution is 0.136. The van der Waals surface area contributed by atoms with E-state index >= 15 is 0 Å². The lowest BCUT2D eigenvalue weighted by atomic mass is 9.77. The molecule has 0 aromatic heterocycles. The number of phenols is 2. The third-order valence-electron chi connectivity index (χ3n) is 5.63. The number of nitrogens with zero attached hydrogens (tertiary/aromatic N) is 1. The Morgan fingerprint density at radius 1 is 1.04 bits per heavy atom. The summed E-state index contributed by atoms with van der Waals surface area (Å²) in [5.74, 6) is 1.70. The minimum atomic E-state index is 0.185. The first-order valence-corrected chi connectivity index (χ1v) is 8.57. The number of benzene rings is 2. The minimum Gasteiger partial charge on any atom is -0.504 e. The number of ether oxygens (including phenoxy) is 2. The molecule has 0 fully saturated rings. The van der Waals surface area contributed by atoms with Gasteiger partial charge in [0, 0.05) is 30.6 Å². The Kier molecular flexibility index (Phi) is 3.76. The zero-order chi connectivity index (χ0) is 17.7. The first-order chi connectivity index (χ1) is 12.0. The van der Waals surface area contributed by atoms with Gasteiger partial charge in [0.2, 0.25) is 0 Å². The molecule has 2 aliphatic rings. The average molecular weight is 341 g/mol. The van der Waals surface area contributed by atoms with Crippen molar-refractivity contribution in [3.63, 3.8) is 0 Å². The summed E-state index contributed by atoms with van der Waals surface area (Å²) >= 11 is 0. The van der Waals surface area contributed by atoms with E-state index in [1.54, 1.807) is 20.3 Å². The summed E-state index contributed by atoms with van der Waals surface area (Å²) in [7, 11) is 3.18. The number of aromatic hydroxyl groups is 2. The molecule has 0 spiro atoms. The van der Waals surface area contributed by atoms with Gasteiger partial charge >= 0.3 is 0 Å². The number of rotatable bonds is 2. The molecule has 4 rings (SSSR count). The number of hydrogen-bond acceptors (Lipinski definition) is 5. The van der Waals surface area contributed by atoms with Crippen molar-refractivity contribution in [3.05, 3.63) is 46.5 Å². The van der Waals surface area contributed by atoms with Crippen molar-refractivity contribution in [1.29, 1.82) is 0 Å². The van der Waals surface area contributed by atoms with Gasteiger partial charge in [0.15, 0.2) is 23.0 Å². The SMILES string of the molecule is COc1cc2c(cc1O)C1C(C)c3ccc(O)c(OC)c3CN1CC2. The molecule has 5 heteroatoms. The maximum absolute atomic E-state index is 10.3. The fraction of sp³-hybridized carbons (Fsp3) is 0.400. The van der Waals surface area contributed by atoms with Crippen LogP contribution in [0.1, 0.15) is 41.1 Å². The lowest BCUT2D eigenvalue weighted by Crippen LogP contribution is -2.41. The zero-order valence-electron chi connectivity index (χ0n) is 14.7. The first-order valence-electron chi connectivity index (χ1n) is 8.57. The van der Waals surface area contributed by atoms with Crippen LogP contribution in [0.15, 0.2) is 24.3 Å². The predicted molar refractivity (Wildman–Crippen MR) is 94.6 cm³/mol. The van der Waals surface area contributed by atoms with Crippen LogP contribution in [0.2, 0.25) is 0 Å². The smallest absolute Gasteiger partial charge is 0.165 e. The van der Waals surface area contributed by atoms with Gasteiger partial charge < -0.3 is 19.7 Å². The van der Waals surface area contributed by atoms with Crippen molar-refractivity contribution in [2.24, 2.45) is 0 Å². The van der Waals surface area contributed by atoms with Crippen molar-refractivity contribution >= 4 is 0 Å². The van der Waals surface area contributed by atoms with Crippen LogP contribution in [0, 0.1) is 0 Å². The molecule has 0 aliphatic carbocycles. The molecular weight excluding hydrogens is 318 g/mol. The van der Waals surface area contributed by atoms with Crippen LogP contribution in [-0.4, -0.2) is 35.9 Å². The van der Waals surface area contributed by atoms with E-state index in [1.807, 2.05) is 18.2 Å². The Balaban J connectivity index is 1.83. The van der Waals surface area contributed by atoms with Crippen LogP contribution in [-0.2, 0) is 13.0 Å². The van der Waals surface area contributed by atoms with E-state index in [0.29, 0.717) is 11.5 Å². The van der Waals surface area contributed by atoms with Crippen LogP contribution >= 0.6 is 0 Å². The topological polar surface area (TPSA) is 62.2 Å². The second kappa shape index (κ2) is 5.85. The van der Waals surface area contributed by atoms with Crippen molar-refractivity contribution < 1.29 is 19.7 Å². The highest BCUT2D eigenvalue weighted by Crippen LogP contribution is 2.50. The summed E-state index contributed by atoms with van der Waals surface area (Å²) < 4.78 is 10.7. The standard InChI is InChI=1S/C20H23NO4/c1-11-13-4-5-16(22)20(25-3)15(13)10-21-7-6-12-8-18(24-2)17(23)9-14(12)19(11)21/h4-5,8-9,11,19,22-23H,6-7,10H2,1-3H3. The van der Waals surface area contributed by atoms with Gasteiger partial charge in [-0.3, -0.25) is 4.90 Å². The van der Waals surface area contributed by atoms with Gasteiger partial charge in [-0.1, -0.05) is 13.0 Å². The third kappa shape index (κ3) is 2.34. The number of fused-ring (bicyclic) bond motifs is 4. The molecule has 2 aliphatic heterocycles. The zero-order valence-corrected chi connectivity index (χ0v) is 14.7. The van der Waals surface area contributed by atoms with Gasteiger partial charge in [0.25, 0.3) is 0 Å². The number of phenolic OH excluding ortho intramolecular Hbond substituents is 2. The van der Waals surface area contributed by atoms with Gasteiger partial charge in [-0.15, -0.1) is 0 Å². The summed E-state index contributed by atoms with van der Waals surface area (Å²) in [5, 5.41) is 20.4.